The monoisotopic (exact) mass is 191 g/mol. The Labute approximate surface area is 83.4 Å². The Morgan fingerprint density at radius 3 is 2.71 bits per heavy atom. The number of nitrogens with zero attached hydrogens (tertiary/aromatic N) is 1. The highest BCUT2D eigenvalue weighted by Crippen LogP contribution is 2.03. The number of rotatable bonds is 4. The summed E-state index contributed by atoms with van der Waals surface area (Å²) in [6.45, 7) is 5.15. The molecule has 74 valence electrons. The molecule has 1 rings (SSSR count). The van der Waals surface area contributed by atoms with E-state index in [0.717, 1.165) is 5.56 Å². The molecule has 0 bridgehead atoms. The van der Waals surface area contributed by atoms with Gasteiger partial charge >= 0.3 is 5.97 Å². The fourth-order valence-electron chi connectivity index (χ4n) is 1.04. The molecule has 0 saturated heterocycles. The molecular weight excluding hydrogens is 178 g/mol. The lowest BCUT2D eigenvalue weighted by molar-refractivity contribution is -0.139. The van der Waals surface area contributed by atoms with E-state index in [2.05, 4.69) is 11.6 Å². The zero-order chi connectivity index (χ0) is 10.4. The summed E-state index contributed by atoms with van der Waals surface area (Å²) in [5.41, 5.74) is 1.08. The van der Waals surface area contributed by atoms with Crippen LogP contribution in [0.3, 0.4) is 0 Å². The molecule has 1 aromatic heterocycles. The summed E-state index contributed by atoms with van der Waals surface area (Å²) >= 11 is 0. The number of hydrogen-bond acceptors (Lipinski definition) is 3. The first kappa shape index (κ1) is 10.4. The molecule has 0 aliphatic carbocycles. The van der Waals surface area contributed by atoms with Crippen molar-refractivity contribution in [1.82, 2.24) is 4.98 Å². The first-order valence-electron chi connectivity index (χ1n) is 4.43. The van der Waals surface area contributed by atoms with E-state index in [9.17, 15) is 4.79 Å². The maximum atomic E-state index is 11.1. The number of ether oxygens (including phenoxy) is 1. The van der Waals surface area contributed by atoms with Crippen LogP contribution in [0.2, 0.25) is 0 Å². The van der Waals surface area contributed by atoms with Gasteiger partial charge in [-0.25, -0.2) is 0 Å². The summed E-state index contributed by atoms with van der Waals surface area (Å²) in [5.74, 6) is 0.194. The molecule has 0 spiro atoms. The van der Waals surface area contributed by atoms with Gasteiger partial charge in [-0.3, -0.25) is 9.78 Å². The predicted octanol–water partition coefficient (Wildman–Crippen LogP) is 2.09. The van der Waals surface area contributed by atoms with Crippen LogP contribution in [0.5, 0.6) is 0 Å². The molecule has 3 heteroatoms. The van der Waals surface area contributed by atoms with E-state index in [0.29, 0.717) is 18.6 Å². The summed E-state index contributed by atoms with van der Waals surface area (Å²) in [6, 6.07) is 3.77. The fraction of sp³-hybridized carbons (Fsp3) is 0.273. The van der Waals surface area contributed by atoms with Crippen molar-refractivity contribution in [3.05, 3.63) is 42.4 Å². The van der Waals surface area contributed by atoms with Gasteiger partial charge in [-0.2, -0.15) is 0 Å². The van der Waals surface area contributed by atoms with E-state index >= 15 is 0 Å². The summed E-state index contributed by atoms with van der Waals surface area (Å²) in [6.07, 6.45) is 4.46. The van der Waals surface area contributed by atoms with Crippen LogP contribution in [-0.4, -0.2) is 11.0 Å². The lowest BCUT2D eigenvalue weighted by Crippen LogP contribution is -2.03. The van der Waals surface area contributed by atoms with Crippen molar-refractivity contribution in [1.29, 1.82) is 0 Å². The first-order chi connectivity index (χ1) is 6.68. The van der Waals surface area contributed by atoms with Crippen molar-refractivity contribution in [2.45, 2.75) is 19.8 Å². The fourth-order valence-corrected chi connectivity index (χ4v) is 1.04. The molecule has 0 radical (unpaired) electrons. The Kier molecular flexibility index (Phi) is 3.85. The van der Waals surface area contributed by atoms with Gasteiger partial charge < -0.3 is 4.74 Å². The van der Waals surface area contributed by atoms with Gasteiger partial charge in [-0.1, -0.05) is 6.58 Å². The van der Waals surface area contributed by atoms with Crippen molar-refractivity contribution in [2.75, 3.05) is 0 Å². The molecule has 3 nitrogen and oxygen atoms in total. The topological polar surface area (TPSA) is 39.2 Å². The number of aryl methyl sites for hydroxylation is 1. The maximum Gasteiger partial charge on any atom is 0.311 e. The number of carbonyl (C=O) groups is 1. The van der Waals surface area contributed by atoms with Gasteiger partial charge in [0.15, 0.2) is 0 Å². The van der Waals surface area contributed by atoms with Crippen molar-refractivity contribution in [3.8, 4) is 0 Å². The van der Waals surface area contributed by atoms with Gasteiger partial charge in [0.2, 0.25) is 0 Å². The quantitative estimate of drug-likeness (QED) is 0.540. The molecule has 0 aromatic carbocycles. The van der Waals surface area contributed by atoms with Crippen LogP contribution in [-0.2, 0) is 16.0 Å². The van der Waals surface area contributed by atoms with Crippen LogP contribution in [0.1, 0.15) is 18.9 Å². The van der Waals surface area contributed by atoms with E-state index in [-0.39, 0.29) is 5.97 Å². The molecule has 14 heavy (non-hydrogen) atoms. The van der Waals surface area contributed by atoms with Gasteiger partial charge in [0.25, 0.3) is 0 Å². The highest BCUT2D eigenvalue weighted by Gasteiger charge is 2.03. The lowest BCUT2D eigenvalue weighted by Gasteiger charge is -2.02. The summed E-state index contributed by atoms with van der Waals surface area (Å²) in [7, 11) is 0. The molecule has 0 aliphatic rings. The van der Waals surface area contributed by atoms with Crippen molar-refractivity contribution in [2.24, 2.45) is 0 Å². The predicted molar refractivity (Wildman–Crippen MR) is 53.5 cm³/mol. The molecule has 0 aliphatic heterocycles. The molecule has 1 heterocycles. The minimum atomic E-state index is -0.241. The smallest absolute Gasteiger partial charge is 0.311 e. The largest absolute Gasteiger partial charge is 0.432 e. The number of hydrogen-bond donors (Lipinski definition) is 0. The standard InChI is InChI=1S/C11H13NO2/c1-9(2)14-11(13)4-3-10-5-7-12-8-6-10/h5-8H,1,3-4H2,2H3. The number of esters is 1. The van der Waals surface area contributed by atoms with Crippen LogP contribution in [0, 0.1) is 0 Å². The lowest BCUT2D eigenvalue weighted by atomic mass is 10.1. The molecule has 0 fully saturated rings. The SMILES string of the molecule is C=C(C)OC(=O)CCc1ccncc1. The Hall–Kier alpha value is -1.64. The van der Waals surface area contributed by atoms with Crippen molar-refractivity contribution >= 4 is 5.97 Å². The Balaban J connectivity index is 2.34. The third-order valence-electron chi connectivity index (χ3n) is 1.66. The van der Waals surface area contributed by atoms with Gasteiger partial charge in [0.05, 0.1) is 5.76 Å². The second kappa shape index (κ2) is 5.17. The third-order valence-corrected chi connectivity index (χ3v) is 1.66. The molecule has 0 unspecified atom stereocenters. The Morgan fingerprint density at radius 2 is 2.14 bits per heavy atom. The van der Waals surface area contributed by atoms with Crippen LogP contribution < -0.4 is 0 Å². The highest BCUT2D eigenvalue weighted by atomic mass is 16.5. The van der Waals surface area contributed by atoms with E-state index in [1.54, 1.807) is 19.3 Å². The third kappa shape index (κ3) is 3.85. The summed E-state index contributed by atoms with van der Waals surface area (Å²) in [5, 5.41) is 0. The maximum absolute atomic E-state index is 11.1. The Morgan fingerprint density at radius 1 is 1.50 bits per heavy atom. The van der Waals surface area contributed by atoms with Gasteiger partial charge in [-0.05, 0) is 31.0 Å². The molecule has 0 amide bonds. The van der Waals surface area contributed by atoms with Gasteiger partial charge in [0, 0.05) is 18.8 Å². The molecule has 0 atom stereocenters. The molecule has 0 saturated carbocycles. The van der Waals surface area contributed by atoms with E-state index in [4.69, 9.17) is 4.74 Å². The zero-order valence-corrected chi connectivity index (χ0v) is 8.19. The van der Waals surface area contributed by atoms with Crippen LogP contribution in [0.25, 0.3) is 0 Å². The minimum Gasteiger partial charge on any atom is -0.432 e. The number of aromatic nitrogens is 1. The number of allylic oxidation sites excluding steroid dienone is 1. The minimum absolute atomic E-state index is 0.241. The summed E-state index contributed by atoms with van der Waals surface area (Å²) in [4.78, 5) is 15.0. The highest BCUT2D eigenvalue weighted by molar-refractivity contribution is 5.70. The van der Waals surface area contributed by atoms with E-state index in [1.165, 1.54) is 0 Å². The first-order valence-corrected chi connectivity index (χ1v) is 4.43. The zero-order valence-electron chi connectivity index (χ0n) is 8.19. The normalized spacial score (nSPS) is 9.50. The van der Waals surface area contributed by atoms with Gasteiger partial charge in [-0.15, -0.1) is 0 Å². The summed E-state index contributed by atoms with van der Waals surface area (Å²) < 4.78 is 4.82. The van der Waals surface area contributed by atoms with Crippen LogP contribution in [0.4, 0.5) is 0 Å². The average molecular weight is 191 g/mol. The van der Waals surface area contributed by atoms with Crippen molar-refractivity contribution < 1.29 is 9.53 Å². The number of carbonyl (C=O) groups excluding carboxylic acids is 1. The number of pyridine rings is 1. The molecule has 1 aromatic rings. The molecule has 0 N–H and O–H groups in total. The second-order valence-corrected chi connectivity index (χ2v) is 3.03. The second-order valence-electron chi connectivity index (χ2n) is 3.03. The molecular formula is C11H13NO2. The van der Waals surface area contributed by atoms with Crippen LogP contribution in [0.15, 0.2) is 36.9 Å². The van der Waals surface area contributed by atoms with E-state index < -0.39 is 0 Å². The van der Waals surface area contributed by atoms with Crippen LogP contribution >= 0.6 is 0 Å². The average Bonchev–Trinajstić information content (AvgIpc) is 2.15. The Bertz CT molecular complexity index is 319. The van der Waals surface area contributed by atoms with Gasteiger partial charge in [0.1, 0.15) is 0 Å². The van der Waals surface area contributed by atoms with Crippen molar-refractivity contribution in [3.63, 3.8) is 0 Å². The van der Waals surface area contributed by atoms with E-state index in [1.807, 2.05) is 12.1 Å².